The van der Waals surface area contributed by atoms with Crippen LogP contribution in [0.2, 0.25) is 0 Å². The molecule has 0 amide bonds. The number of aliphatic hydroxyl groups excluding tert-OH is 1. The lowest BCUT2D eigenvalue weighted by atomic mass is 9.50. The van der Waals surface area contributed by atoms with Gasteiger partial charge in [0.05, 0.1) is 6.10 Å². The van der Waals surface area contributed by atoms with Crippen LogP contribution in [0, 0.1) is 22.7 Å². The van der Waals surface area contributed by atoms with Gasteiger partial charge >= 0.3 is 0 Å². The van der Waals surface area contributed by atoms with E-state index in [9.17, 15) is 5.11 Å². The summed E-state index contributed by atoms with van der Waals surface area (Å²) in [6.45, 7) is 4.96. The van der Waals surface area contributed by atoms with Crippen molar-refractivity contribution in [3.8, 4) is 0 Å². The van der Waals surface area contributed by atoms with Crippen LogP contribution in [-0.2, 0) is 0 Å². The Balaban J connectivity index is 1.82. The summed E-state index contributed by atoms with van der Waals surface area (Å²) in [5.74, 6) is 1.24. The lowest BCUT2D eigenvalue weighted by Gasteiger charge is -2.56. The number of nitrogens with one attached hydrogen (secondary N) is 2. The molecule has 2 fully saturated rings. The molecule has 7 atom stereocenters. The summed E-state index contributed by atoms with van der Waals surface area (Å²) < 4.78 is 0. The maximum atomic E-state index is 10.1. The highest BCUT2D eigenvalue weighted by atomic mass is 16.3. The Bertz CT molecular complexity index is 582. The Morgan fingerprint density at radius 3 is 2.62 bits per heavy atom. The molecule has 4 aliphatic rings. The van der Waals surface area contributed by atoms with Crippen LogP contribution in [0.3, 0.4) is 0 Å². The standard InChI is InChI=1S/C21H34N2O/c1-20-9-7-14(24)11-13(20)12-17(22-3)19-15-5-6-18(23-4)21(15,2)10-8-16(19)20/h7,9,13-14,16-18,22-24H,5-6,8,10-12H2,1-4H3/t13?,14-,16-,17-,18-,20-,21-/m0/s1. The highest BCUT2D eigenvalue weighted by molar-refractivity contribution is 5.40. The van der Waals surface area contributed by atoms with Gasteiger partial charge in [0, 0.05) is 17.5 Å². The predicted molar refractivity (Wildman–Crippen MR) is 98.8 cm³/mol. The largest absolute Gasteiger partial charge is 0.389 e. The number of rotatable bonds is 2. The minimum absolute atomic E-state index is 0.230. The van der Waals surface area contributed by atoms with Gasteiger partial charge in [0.2, 0.25) is 0 Å². The first-order valence-corrected chi connectivity index (χ1v) is 9.89. The minimum Gasteiger partial charge on any atom is -0.389 e. The predicted octanol–water partition coefficient (Wildman–Crippen LogP) is 3.02. The van der Waals surface area contributed by atoms with Crippen molar-refractivity contribution in [3.63, 3.8) is 0 Å². The average molecular weight is 331 g/mol. The molecule has 134 valence electrons. The summed E-state index contributed by atoms with van der Waals surface area (Å²) in [7, 11) is 4.26. The van der Waals surface area contributed by atoms with E-state index < -0.39 is 0 Å². The molecule has 0 aromatic heterocycles. The van der Waals surface area contributed by atoms with Crippen molar-refractivity contribution >= 4 is 0 Å². The van der Waals surface area contributed by atoms with Gasteiger partial charge in [0.25, 0.3) is 0 Å². The van der Waals surface area contributed by atoms with E-state index in [0.717, 1.165) is 6.42 Å². The third-order valence-electron chi connectivity index (χ3n) is 8.24. The zero-order chi connectivity index (χ0) is 17.1. The second-order valence-electron chi connectivity index (χ2n) is 9.12. The van der Waals surface area contributed by atoms with E-state index in [1.54, 1.807) is 11.1 Å². The second-order valence-corrected chi connectivity index (χ2v) is 9.12. The molecular weight excluding hydrogens is 296 g/mol. The summed E-state index contributed by atoms with van der Waals surface area (Å²) in [4.78, 5) is 0. The Morgan fingerprint density at radius 1 is 1.12 bits per heavy atom. The first kappa shape index (κ1) is 16.8. The molecule has 0 aliphatic heterocycles. The lowest BCUT2D eigenvalue weighted by molar-refractivity contribution is 0.0384. The fourth-order valence-corrected chi connectivity index (χ4v) is 6.79. The van der Waals surface area contributed by atoms with E-state index in [1.807, 2.05) is 0 Å². The van der Waals surface area contributed by atoms with Gasteiger partial charge in [-0.15, -0.1) is 0 Å². The van der Waals surface area contributed by atoms with E-state index in [4.69, 9.17) is 0 Å². The fraction of sp³-hybridized carbons (Fsp3) is 0.810. The maximum Gasteiger partial charge on any atom is 0.0724 e. The summed E-state index contributed by atoms with van der Waals surface area (Å²) in [6.07, 6.45) is 11.4. The average Bonchev–Trinajstić information content (AvgIpc) is 2.91. The molecule has 3 nitrogen and oxygen atoms in total. The van der Waals surface area contributed by atoms with Gasteiger partial charge in [-0.3, -0.25) is 0 Å². The molecule has 0 aromatic carbocycles. The normalized spacial score (nSPS) is 50.5. The van der Waals surface area contributed by atoms with Crippen LogP contribution < -0.4 is 10.6 Å². The van der Waals surface area contributed by atoms with Crippen LogP contribution >= 0.6 is 0 Å². The Hall–Kier alpha value is -0.640. The smallest absolute Gasteiger partial charge is 0.0724 e. The van der Waals surface area contributed by atoms with Crippen molar-refractivity contribution < 1.29 is 5.11 Å². The highest BCUT2D eigenvalue weighted by Crippen LogP contribution is 2.62. The SMILES string of the molecule is CN[C@H]1CC2C[C@@H](O)C=C[C@]2(C)[C@H]2CC[C@@]3(C)C(=C12)CC[C@@H]3NC. The molecule has 0 bridgehead atoms. The van der Waals surface area contributed by atoms with Crippen molar-refractivity contribution in [1.29, 1.82) is 0 Å². The molecule has 24 heavy (non-hydrogen) atoms. The Kier molecular flexibility index (Phi) is 3.98. The number of allylic oxidation sites excluding steroid dienone is 1. The molecule has 2 saturated carbocycles. The van der Waals surface area contributed by atoms with Crippen LogP contribution in [0.4, 0.5) is 0 Å². The molecule has 0 spiro atoms. The summed E-state index contributed by atoms with van der Waals surface area (Å²) in [6, 6.07) is 1.13. The number of hydrogen-bond acceptors (Lipinski definition) is 3. The van der Waals surface area contributed by atoms with Crippen LogP contribution in [0.1, 0.15) is 52.4 Å². The summed E-state index contributed by atoms with van der Waals surface area (Å²) >= 11 is 0. The van der Waals surface area contributed by atoms with Crippen molar-refractivity contribution in [3.05, 3.63) is 23.3 Å². The van der Waals surface area contributed by atoms with Gasteiger partial charge < -0.3 is 15.7 Å². The van der Waals surface area contributed by atoms with E-state index in [0.29, 0.717) is 29.3 Å². The first-order chi connectivity index (χ1) is 11.4. The second kappa shape index (κ2) is 5.69. The quantitative estimate of drug-likeness (QED) is 0.682. The highest BCUT2D eigenvalue weighted by Gasteiger charge is 2.56. The number of fused-ring (bicyclic) bond motifs is 4. The summed E-state index contributed by atoms with van der Waals surface area (Å²) in [5, 5.41) is 17.4. The van der Waals surface area contributed by atoms with E-state index in [1.165, 1.54) is 32.1 Å². The van der Waals surface area contributed by atoms with Crippen molar-refractivity contribution in [2.75, 3.05) is 14.1 Å². The Labute approximate surface area is 147 Å². The van der Waals surface area contributed by atoms with Crippen molar-refractivity contribution in [1.82, 2.24) is 10.6 Å². The van der Waals surface area contributed by atoms with E-state index in [-0.39, 0.29) is 11.5 Å². The molecule has 4 rings (SSSR count). The number of aliphatic hydroxyl groups is 1. The zero-order valence-corrected chi connectivity index (χ0v) is 15.7. The lowest BCUT2D eigenvalue weighted by Crippen LogP contribution is -2.54. The minimum atomic E-state index is -0.246. The molecule has 4 aliphatic carbocycles. The van der Waals surface area contributed by atoms with Crippen LogP contribution in [0.15, 0.2) is 23.3 Å². The van der Waals surface area contributed by atoms with Gasteiger partial charge in [-0.05, 0) is 75.4 Å². The number of hydrogen-bond donors (Lipinski definition) is 3. The van der Waals surface area contributed by atoms with Crippen LogP contribution in [0.25, 0.3) is 0 Å². The van der Waals surface area contributed by atoms with Crippen molar-refractivity contribution in [2.45, 2.75) is 70.6 Å². The van der Waals surface area contributed by atoms with Crippen molar-refractivity contribution in [2.24, 2.45) is 22.7 Å². The molecule has 3 heteroatoms. The van der Waals surface area contributed by atoms with Gasteiger partial charge in [-0.25, -0.2) is 0 Å². The molecule has 0 aromatic rings. The monoisotopic (exact) mass is 330 g/mol. The van der Waals surface area contributed by atoms with Crippen LogP contribution in [-0.4, -0.2) is 37.4 Å². The molecule has 0 heterocycles. The van der Waals surface area contributed by atoms with Gasteiger partial charge in [-0.1, -0.05) is 31.6 Å². The number of likely N-dealkylation sites (N-methyl/N-ethyl adjacent to an activating group) is 1. The van der Waals surface area contributed by atoms with Crippen LogP contribution in [0.5, 0.6) is 0 Å². The maximum absolute atomic E-state index is 10.1. The molecule has 1 unspecified atom stereocenters. The van der Waals surface area contributed by atoms with E-state index >= 15 is 0 Å². The third-order valence-corrected chi connectivity index (χ3v) is 8.24. The fourth-order valence-electron chi connectivity index (χ4n) is 6.79. The van der Waals surface area contributed by atoms with Gasteiger partial charge in [0.1, 0.15) is 0 Å². The molecule has 3 N–H and O–H groups in total. The topological polar surface area (TPSA) is 44.3 Å². The summed E-state index contributed by atoms with van der Waals surface area (Å²) in [5.41, 5.74) is 4.07. The first-order valence-electron chi connectivity index (χ1n) is 9.89. The zero-order valence-electron chi connectivity index (χ0n) is 15.7. The molecule has 0 saturated heterocycles. The molecule has 0 radical (unpaired) electrons. The van der Waals surface area contributed by atoms with Gasteiger partial charge in [-0.2, -0.15) is 0 Å². The Morgan fingerprint density at radius 2 is 1.92 bits per heavy atom. The molecular formula is C21H34N2O. The van der Waals surface area contributed by atoms with Gasteiger partial charge in [0.15, 0.2) is 0 Å². The van der Waals surface area contributed by atoms with E-state index in [2.05, 4.69) is 50.7 Å². The third kappa shape index (κ3) is 2.14.